The van der Waals surface area contributed by atoms with Crippen molar-refractivity contribution < 1.29 is 28.4 Å². The van der Waals surface area contributed by atoms with Gasteiger partial charge in [0.05, 0.1) is 0 Å². The van der Waals surface area contributed by atoms with Crippen LogP contribution < -0.4 is 18.9 Å². The molecule has 2 fully saturated rings. The van der Waals surface area contributed by atoms with Gasteiger partial charge in [0.15, 0.2) is 0 Å². The van der Waals surface area contributed by atoms with Crippen molar-refractivity contribution in [2.75, 3.05) is 28.4 Å². The lowest BCUT2D eigenvalue weighted by atomic mass is 9.82. The Hall–Kier alpha value is -4.00. The maximum atomic E-state index is 6.24. The monoisotopic (exact) mass is 1080 g/mol. The van der Waals surface area contributed by atoms with E-state index in [0.29, 0.717) is 11.8 Å². The van der Waals surface area contributed by atoms with Crippen LogP contribution in [0.4, 0.5) is 0 Å². The molecule has 6 heteroatoms. The van der Waals surface area contributed by atoms with Crippen LogP contribution in [0.25, 0.3) is 0 Å². The van der Waals surface area contributed by atoms with Gasteiger partial charge in [0.25, 0.3) is 0 Å². The van der Waals surface area contributed by atoms with Crippen molar-refractivity contribution in [2.45, 2.75) is 287 Å². The molecule has 2 saturated carbocycles. The van der Waals surface area contributed by atoms with Gasteiger partial charge in [-0.25, -0.2) is 0 Å². The zero-order valence-corrected chi connectivity index (χ0v) is 55.7. The summed E-state index contributed by atoms with van der Waals surface area (Å²) in [6.45, 7) is 47.5. The highest BCUT2D eigenvalue weighted by atomic mass is 16.5. The van der Waals surface area contributed by atoms with Crippen LogP contribution in [0.1, 0.15) is 276 Å². The lowest BCUT2D eigenvalue weighted by molar-refractivity contribution is 0.0484. The van der Waals surface area contributed by atoms with Gasteiger partial charge >= 0.3 is 0 Å². The topological polar surface area (TPSA) is 55.4 Å². The lowest BCUT2D eigenvalue weighted by Crippen LogP contribution is -2.34. The van der Waals surface area contributed by atoms with Crippen molar-refractivity contribution in [3.63, 3.8) is 0 Å². The Bertz CT molecular complexity index is 2000. The first-order chi connectivity index (χ1) is 36.6. The van der Waals surface area contributed by atoms with Crippen LogP contribution in [0.3, 0.4) is 0 Å². The second kappa shape index (κ2) is 39.4. The van der Waals surface area contributed by atoms with Crippen LogP contribution in [0, 0.1) is 0 Å². The summed E-state index contributed by atoms with van der Waals surface area (Å²) in [6, 6.07) is 34.4. The molecule has 2 atom stereocenters. The Labute approximate surface area is 484 Å². The summed E-state index contributed by atoms with van der Waals surface area (Å²) in [5.41, 5.74) is 5.97. The van der Waals surface area contributed by atoms with Crippen molar-refractivity contribution >= 4 is 0 Å². The largest absolute Gasteiger partial charge is 0.488 e. The fourth-order valence-corrected chi connectivity index (χ4v) is 8.64. The number of benzene rings is 4. The van der Waals surface area contributed by atoms with Crippen molar-refractivity contribution in [2.24, 2.45) is 0 Å². The third kappa shape index (κ3) is 32.3. The quantitative estimate of drug-likeness (QED) is 0.125. The Morgan fingerprint density at radius 3 is 0.846 bits per heavy atom. The molecule has 0 aliphatic heterocycles. The highest BCUT2D eigenvalue weighted by Crippen LogP contribution is 2.36. The molecule has 6 nitrogen and oxygen atoms in total. The molecule has 448 valence electrons. The van der Waals surface area contributed by atoms with Crippen LogP contribution >= 0.6 is 0 Å². The van der Waals surface area contributed by atoms with Crippen LogP contribution in [-0.2, 0) is 20.3 Å². The molecule has 0 N–H and O–H groups in total. The van der Waals surface area contributed by atoms with Crippen LogP contribution in [0.15, 0.2) is 97.1 Å². The molecule has 78 heavy (non-hydrogen) atoms. The van der Waals surface area contributed by atoms with Crippen LogP contribution in [0.2, 0.25) is 0 Å². The summed E-state index contributed by atoms with van der Waals surface area (Å²) >= 11 is 0. The van der Waals surface area contributed by atoms with E-state index in [2.05, 4.69) is 231 Å². The minimum absolute atomic E-state index is 0.0556. The van der Waals surface area contributed by atoms with E-state index in [1.807, 2.05) is 27.7 Å². The van der Waals surface area contributed by atoms with Gasteiger partial charge in [-0.1, -0.05) is 158 Å². The molecule has 4 aromatic rings. The third-order valence-electron chi connectivity index (χ3n) is 14.6. The van der Waals surface area contributed by atoms with E-state index in [1.165, 1.54) is 99.3 Å². The van der Waals surface area contributed by atoms with Gasteiger partial charge in [0, 0.05) is 28.4 Å². The molecule has 0 heterocycles. The molecule has 6 rings (SSSR count). The van der Waals surface area contributed by atoms with Gasteiger partial charge in [0.2, 0.25) is 0 Å². The minimum atomic E-state index is -0.123. The van der Waals surface area contributed by atoms with E-state index < -0.39 is 0 Å². The van der Waals surface area contributed by atoms with Gasteiger partial charge in [-0.15, -0.1) is 0 Å². The fraction of sp³-hybridized carbons (Fsp3) is 0.667. The first-order valence-corrected chi connectivity index (χ1v) is 30.5. The van der Waals surface area contributed by atoms with E-state index in [-0.39, 0.29) is 33.2 Å². The predicted molar refractivity (Wildman–Crippen MR) is 343 cm³/mol. The lowest BCUT2D eigenvalue weighted by Gasteiger charge is -2.34. The highest BCUT2D eigenvalue weighted by molar-refractivity contribution is 5.34. The Morgan fingerprint density at radius 2 is 0.615 bits per heavy atom. The zero-order chi connectivity index (χ0) is 60.2. The SMILES string of the molecule is CC.CC.CCC(C)(C)c1ccc(OC(C)(C)C)cc1.CCC(C)(C)c1ccc(OC2(C)CCCCC2)cc1.CCC(C)c1ccc(OC(C)(C)C)cc1.CCC(C)c1ccc(OC2(C)CCCCC2)cc1.COC.COC. The van der Waals surface area contributed by atoms with E-state index in [0.717, 1.165) is 35.8 Å². The van der Waals surface area contributed by atoms with Crippen molar-refractivity contribution in [1.82, 2.24) is 0 Å². The van der Waals surface area contributed by atoms with Gasteiger partial charge in [0.1, 0.15) is 45.4 Å². The first kappa shape index (κ1) is 76.1. The molecular weight excluding hydrogens is 961 g/mol. The molecule has 0 aromatic heterocycles. The average Bonchev–Trinajstić information content (AvgIpc) is 3.40. The summed E-state index contributed by atoms with van der Waals surface area (Å²) in [5.74, 6) is 5.24. The minimum Gasteiger partial charge on any atom is -0.488 e. The fourth-order valence-electron chi connectivity index (χ4n) is 8.64. The first-order valence-electron chi connectivity index (χ1n) is 30.5. The maximum absolute atomic E-state index is 6.24. The number of hydrogen-bond donors (Lipinski definition) is 0. The molecule has 0 spiro atoms. The molecule has 0 amide bonds. The highest BCUT2D eigenvalue weighted by Gasteiger charge is 2.30. The third-order valence-corrected chi connectivity index (χ3v) is 14.6. The van der Waals surface area contributed by atoms with E-state index in [1.54, 1.807) is 28.4 Å². The molecule has 0 bridgehead atoms. The summed E-state index contributed by atoms with van der Waals surface area (Å²) in [6.07, 6.45) is 17.4. The number of methoxy groups -OCH3 is 2. The number of ether oxygens (including phenoxy) is 6. The Kier molecular flexibility index (Phi) is 38.4. The van der Waals surface area contributed by atoms with E-state index in [9.17, 15) is 0 Å². The van der Waals surface area contributed by atoms with Gasteiger partial charge in [-0.05, 0) is 226 Å². The zero-order valence-electron chi connectivity index (χ0n) is 55.7. The molecule has 2 aliphatic carbocycles. The smallest absolute Gasteiger partial charge is 0.120 e. The molecule has 0 saturated heterocycles. The van der Waals surface area contributed by atoms with E-state index in [4.69, 9.17) is 18.9 Å². The average molecular weight is 1090 g/mol. The summed E-state index contributed by atoms with van der Waals surface area (Å²) < 4.78 is 32.5. The standard InChI is InChI=1S/C18H28O.C17H26O.C15H24O.C14H22O.2C2H6O.2C2H6/c1-5-17(2,3)15-9-11-16(12-10-15)19-18(4)13-7-6-8-14-18;1-4-14(2)15-8-10-16(11-9-15)18-17(3)12-6-5-7-13-17;1-7-15(5,6)12-8-10-13(11-9-12)16-14(2,3)4;1-6-11(2)12-7-9-13(10-8-12)15-14(3,4)5;2*1-3-2;2*1-2/h9-12H,5-8,13-14H2,1-4H3;8-11,14H,4-7,12-13H2,1-3H3;8-11H,7H2,1-6H3;7-11H,6H2,1-5H3;2*1-2H3;2*1-2H3. The normalized spacial score (nSPS) is 15.2. The van der Waals surface area contributed by atoms with Gasteiger partial charge < -0.3 is 28.4 Å². The summed E-state index contributed by atoms with van der Waals surface area (Å²) in [5, 5.41) is 0. The summed E-state index contributed by atoms with van der Waals surface area (Å²) in [4.78, 5) is 0. The van der Waals surface area contributed by atoms with Crippen LogP contribution in [-0.4, -0.2) is 50.8 Å². The van der Waals surface area contributed by atoms with Gasteiger partial charge in [-0.2, -0.15) is 0 Å². The molecule has 0 radical (unpaired) electrons. The van der Waals surface area contributed by atoms with E-state index >= 15 is 0 Å². The number of rotatable bonds is 14. The van der Waals surface area contributed by atoms with Crippen molar-refractivity contribution in [3.05, 3.63) is 119 Å². The second-order valence-corrected chi connectivity index (χ2v) is 24.8. The maximum Gasteiger partial charge on any atom is 0.120 e. The summed E-state index contributed by atoms with van der Waals surface area (Å²) in [7, 11) is 6.50. The second-order valence-electron chi connectivity index (χ2n) is 24.8. The molecule has 2 unspecified atom stereocenters. The van der Waals surface area contributed by atoms with Crippen molar-refractivity contribution in [1.29, 1.82) is 0 Å². The van der Waals surface area contributed by atoms with Crippen molar-refractivity contribution in [3.8, 4) is 23.0 Å². The molecular formula is C72H124O6. The van der Waals surface area contributed by atoms with Crippen LogP contribution in [0.5, 0.6) is 23.0 Å². The predicted octanol–water partition coefficient (Wildman–Crippen LogP) is 22.3. The molecule has 4 aromatic carbocycles. The Morgan fingerprint density at radius 1 is 0.385 bits per heavy atom. The number of hydrogen-bond acceptors (Lipinski definition) is 6. The molecule has 2 aliphatic rings. The Balaban J connectivity index is 0. The van der Waals surface area contributed by atoms with Gasteiger partial charge in [-0.3, -0.25) is 0 Å².